The van der Waals surface area contributed by atoms with Gasteiger partial charge in [-0.25, -0.2) is 4.39 Å². The minimum Gasteiger partial charge on any atom is -0.344 e. The van der Waals surface area contributed by atoms with Crippen molar-refractivity contribution in [3.63, 3.8) is 0 Å². The molecule has 0 bridgehead atoms. The summed E-state index contributed by atoms with van der Waals surface area (Å²) in [6, 6.07) is 15.4. The van der Waals surface area contributed by atoms with Gasteiger partial charge in [0.2, 0.25) is 5.91 Å². The van der Waals surface area contributed by atoms with E-state index in [1.807, 2.05) is 46.3 Å². The average molecular weight is 398 g/mol. The number of thioether (sulfide) groups is 1. The van der Waals surface area contributed by atoms with Gasteiger partial charge >= 0.3 is 0 Å². The molecule has 0 aliphatic rings. The van der Waals surface area contributed by atoms with Crippen LogP contribution >= 0.6 is 23.1 Å². The molecular formula is C19H15FN4OS2. The summed E-state index contributed by atoms with van der Waals surface area (Å²) in [6.07, 6.45) is 1.86. The topological polar surface area (TPSA) is 59.3 Å². The number of nitrogens with one attached hydrogen (secondary N) is 1. The Morgan fingerprint density at radius 2 is 2.00 bits per heavy atom. The summed E-state index contributed by atoms with van der Waals surface area (Å²) in [4.78, 5) is 13.6. The smallest absolute Gasteiger partial charge is 0.231 e. The Kier molecular flexibility index (Phi) is 5.17. The zero-order valence-corrected chi connectivity index (χ0v) is 15.7. The lowest BCUT2D eigenvalue weighted by atomic mass is 10.1. The van der Waals surface area contributed by atoms with E-state index < -0.39 is 0 Å². The number of hydrogen-bond acceptors (Lipinski definition) is 5. The van der Waals surface area contributed by atoms with Crippen molar-refractivity contribution in [2.24, 2.45) is 0 Å². The predicted molar refractivity (Wildman–Crippen MR) is 104 cm³/mol. The maximum atomic E-state index is 13.3. The summed E-state index contributed by atoms with van der Waals surface area (Å²) in [7, 11) is 0. The van der Waals surface area contributed by atoms with Crippen molar-refractivity contribution in [1.29, 1.82) is 0 Å². The molecule has 3 heterocycles. The van der Waals surface area contributed by atoms with E-state index in [0.717, 1.165) is 16.1 Å². The van der Waals surface area contributed by atoms with Gasteiger partial charge in [-0.15, -0.1) is 21.5 Å². The van der Waals surface area contributed by atoms with Crippen LogP contribution in [-0.4, -0.2) is 26.3 Å². The van der Waals surface area contributed by atoms with Gasteiger partial charge in [-0.05, 0) is 41.3 Å². The van der Waals surface area contributed by atoms with Crippen molar-refractivity contribution in [3.05, 3.63) is 82.4 Å². The van der Waals surface area contributed by atoms with E-state index in [0.29, 0.717) is 5.16 Å². The van der Waals surface area contributed by atoms with Crippen LogP contribution in [0.3, 0.4) is 0 Å². The molecule has 0 saturated carbocycles. The number of fused-ring (bicyclic) bond motifs is 1. The summed E-state index contributed by atoms with van der Waals surface area (Å²) in [6.45, 7) is 0. The van der Waals surface area contributed by atoms with Crippen LogP contribution in [0.5, 0.6) is 0 Å². The van der Waals surface area contributed by atoms with Gasteiger partial charge in [0.1, 0.15) is 5.82 Å². The molecule has 8 heteroatoms. The molecule has 0 aliphatic heterocycles. The van der Waals surface area contributed by atoms with E-state index >= 15 is 0 Å². The van der Waals surface area contributed by atoms with E-state index in [1.165, 1.54) is 23.9 Å². The first-order chi connectivity index (χ1) is 13.2. The highest BCUT2D eigenvalue weighted by atomic mass is 32.2. The summed E-state index contributed by atoms with van der Waals surface area (Å²) in [5.74, 6) is -0.224. The fraction of sp³-hybridized carbons (Fsp3) is 0.105. The predicted octanol–water partition coefficient (Wildman–Crippen LogP) is 3.93. The lowest BCUT2D eigenvalue weighted by Gasteiger charge is -2.18. The third-order valence-electron chi connectivity index (χ3n) is 3.95. The Morgan fingerprint density at radius 3 is 2.78 bits per heavy atom. The maximum Gasteiger partial charge on any atom is 0.231 e. The Balaban J connectivity index is 1.48. The maximum absolute atomic E-state index is 13.3. The molecule has 27 heavy (non-hydrogen) atoms. The zero-order valence-electron chi connectivity index (χ0n) is 14.1. The molecule has 0 saturated heterocycles. The first kappa shape index (κ1) is 17.7. The second-order valence-corrected chi connectivity index (χ2v) is 7.69. The minimum absolute atomic E-state index is 0.129. The highest BCUT2D eigenvalue weighted by Crippen LogP contribution is 2.26. The number of benzene rings is 1. The number of rotatable bonds is 6. The largest absolute Gasteiger partial charge is 0.344 e. The molecule has 1 amide bonds. The van der Waals surface area contributed by atoms with Crippen LogP contribution < -0.4 is 5.32 Å². The van der Waals surface area contributed by atoms with Crippen LogP contribution in [0.15, 0.2) is 71.3 Å². The SMILES string of the molecule is O=C(CSc1nnc2ccccn12)NC(c1ccc(F)cc1)c1cccs1. The van der Waals surface area contributed by atoms with Crippen LogP contribution in [0.4, 0.5) is 4.39 Å². The second kappa shape index (κ2) is 7.89. The molecule has 5 nitrogen and oxygen atoms in total. The second-order valence-electron chi connectivity index (χ2n) is 5.77. The number of aromatic nitrogens is 3. The molecule has 136 valence electrons. The molecule has 0 spiro atoms. The monoisotopic (exact) mass is 398 g/mol. The lowest BCUT2D eigenvalue weighted by molar-refractivity contribution is -0.119. The van der Waals surface area contributed by atoms with Gasteiger partial charge in [-0.1, -0.05) is 36.0 Å². The van der Waals surface area contributed by atoms with Gasteiger partial charge in [0, 0.05) is 11.1 Å². The molecule has 0 radical (unpaired) electrons. The van der Waals surface area contributed by atoms with Gasteiger partial charge in [-0.2, -0.15) is 0 Å². The number of carbonyl (C=O) groups is 1. The molecule has 1 atom stereocenters. The summed E-state index contributed by atoms with van der Waals surface area (Å²) in [5.41, 5.74) is 1.58. The summed E-state index contributed by atoms with van der Waals surface area (Å²) < 4.78 is 15.1. The molecule has 1 unspecified atom stereocenters. The molecule has 1 N–H and O–H groups in total. The van der Waals surface area contributed by atoms with E-state index in [9.17, 15) is 9.18 Å². The van der Waals surface area contributed by atoms with Crippen LogP contribution in [0.25, 0.3) is 5.65 Å². The fourth-order valence-corrected chi connectivity index (χ4v) is 4.22. The van der Waals surface area contributed by atoms with Crippen LogP contribution in [-0.2, 0) is 4.79 Å². The number of pyridine rings is 1. The number of nitrogens with zero attached hydrogens (tertiary/aromatic N) is 3. The van der Waals surface area contributed by atoms with Gasteiger partial charge in [0.15, 0.2) is 10.8 Å². The van der Waals surface area contributed by atoms with E-state index in [-0.39, 0.29) is 23.5 Å². The Labute approximate surface area is 163 Å². The van der Waals surface area contributed by atoms with Crippen molar-refractivity contribution in [2.45, 2.75) is 11.2 Å². The molecular weight excluding hydrogens is 383 g/mol. The van der Waals surface area contributed by atoms with Crippen LogP contribution in [0.2, 0.25) is 0 Å². The summed E-state index contributed by atoms with van der Waals surface area (Å²) in [5, 5.41) is 13.9. The van der Waals surface area contributed by atoms with E-state index in [4.69, 9.17) is 0 Å². The van der Waals surface area contributed by atoms with Gasteiger partial charge in [0.25, 0.3) is 0 Å². The molecule has 3 aromatic heterocycles. The third kappa shape index (κ3) is 4.01. The number of amides is 1. The number of thiophene rings is 1. The first-order valence-electron chi connectivity index (χ1n) is 8.21. The van der Waals surface area contributed by atoms with Gasteiger partial charge < -0.3 is 5.32 Å². The standard InChI is InChI=1S/C19H15FN4OS2/c20-14-8-6-13(7-9-14)18(15-4-3-11-26-15)21-17(25)12-27-19-23-22-16-5-1-2-10-24(16)19/h1-11,18H,12H2,(H,21,25). The van der Waals surface area contributed by atoms with Crippen molar-refractivity contribution in [3.8, 4) is 0 Å². The quantitative estimate of drug-likeness (QED) is 0.500. The van der Waals surface area contributed by atoms with Crippen molar-refractivity contribution in [1.82, 2.24) is 19.9 Å². The average Bonchev–Trinajstić information content (AvgIpc) is 3.35. The van der Waals surface area contributed by atoms with Crippen molar-refractivity contribution >= 4 is 34.7 Å². The lowest BCUT2D eigenvalue weighted by Crippen LogP contribution is -2.30. The van der Waals surface area contributed by atoms with Crippen LogP contribution in [0.1, 0.15) is 16.5 Å². The zero-order chi connectivity index (χ0) is 18.6. The normalized spacial score (nSPS) is 12.2. The van der Waals surface area contributed by atoms with Crippen molar-refractivity contribution < 1.29 is 9.18 Å². The molecule has 1 aromatic carbocycles. The Morgan fingerprint density at radius 1 is 1.15 bits per heavy atom. The number of halogens is 1. The van der Waals surface area contributed by atoms with E-state index in [2.05, 4.69) is 15.5 Å². The number of hydrogen-bond donors (Lipinski definition) is 1. The minimum atomic E-state index is -0.311. The highest BCUT2D eigenvalue weighted by Gasteiger charge is 2.18. The Hall–Kier alpha value is -2.71. The van der Waals surface area contributed by atoms with Gasteiger partial charge in [0.05, 0.1) is 11.8 Å². The summed E-state index contributed by atoms with van der Waals surface area (Å²) >= 11 is 2.87. The molecule has 0 aliphatic carbocycles. The van der Waals surface area contributed by atoms with Crippen molar-refractivity contribution in [2.75, 3.05) is 5.75 Å². The number of carbonyl (C=O) groups excluding carboxylic acids is 1. The van der Waals surface area contributed by atoms with E-state index in [1.54, 1.807) is 23.5 Å². The highest BCUT2D eigenvalue weighted by molar-refractivity contribution is 7.99. The molecule has 4 aromatic rings. The van der Waals surface area contributed by atoms with Crippen LogP contribution in [0, 0.1) is 5.82 Å². The first-order valence-corrected chi connectivity index (χ1v) is 10.1. The third-order valence-corrected chi connectivity index (χ3v) is 5.83. The van der Waals surface area contributed by atoms with Gasteiger partial charge in [-0.3, -0.25) is 9.20 Å². The molecule has 0 fully saturated rings. The molecule has 4 rings (SSSR count). The fourth-order valence-electron chi connectivity index (χ4n) is 2.68. The Bertz CT molecular complexity index is 1050.